The Hall–Kier alpha value is -3.39. The Balaban J connectivity index is 1.77. The Kier molecular flexibility index (Phi) is 6.41. The molecule has 0 saturated heterocycles. The number of benzene rings is 2. The summed E-state index contributed by atoms with van der Waals surface area (Å²) in [6.45, 7) is 2.19. The first-order valence-electron chi connectivity index (χ1n) is 10.3. The maximum absolute atomic E-state index is 13.5. The average molecular weight is 495 g/mol. The van der Waals surface area contributed by atoms with Gasteiger partial charge in [0.1, 0.15) is 11.6 Å². The molecule has 7 nitrogen and oxygen atoms in total. The van der Waals surface area contributed by atoms with Crippen molar-refractivity contribution < 1.29 is 9.21 Å². The first-order valence-corrected chi connectivity index (χ1v) is 11.1. The number of furan rings is 1. The lowest BCUT2D eigenvalue weighted by molar-refractivity contribution is 0.169. The van der Waals surface area contributed by atoms with E-state index in [2.05, 4.69) is 21.2 Å². The van der Waals surface area contributed by atoms with Gasteiger partial charge in [0.2, 0.25) is 0 Å². The Bertz CT molecular complexity index is 1300. The van der Waals surface area contributed by atoms with E-state index in [4.69, 9.17) is 9.40 Å². The summed E-state index contributed by atoms with van der Waals surface area (Å²) in [6.07, 6.45) is 2.13. The molecule has 2 amide bonds. The summed E-state index contributed by atoms with van der Waals surface area (Å²) in [5.41, 5.74) is 1.11. The van der Waals surface area contributed by atoms with E-state index in [-0.39, 0.29) is 18.1 Å². The molecule has 0 aliphatic heterocycles. The van der Waals surface area contributed by atoms with E-state index in [9.17, 15) is 9.59 Å². The molecule has 0 bridgehead atoms. The summed E-state index contributed by atoms with van der Waals surface area (Å²) in [7, 11) is 1.69. The number of carbonyl (C=O) groups is 1. The highest BCUT2D eigenvalue weighted by Crippen LogP contribution is 2.28. The van der Waals surface area contributed by atoms with Crippen molar-refractivity contribution >= 4 is 38.6 Å². The van der Waals surface area contributed by atoms with Crippen molar-refractivity contribution in [2.75, 3.05) is 5.32 Å². The molecule has 0 aliphatic carbocycles. The molecule has 2 aromatic heterocycles. The zero-order valence-corrected chi connectivity index (χ0v) is 19.4. The van der Waals surface area contributed by atoms with Crippen molar-refractivity contribution in [3.8, 4) is 0 Å². The van der Waals surface area contributed by atoms with Crippen LogP contribution in [0.15, 0.2) is 80.6 Å². The highest BCUT2D eigenvalue weighted by molar-refractivity contribution is 9.10. The van der Waals surface area contributed by atoms with Gasteiger partial charge in [-0.2, -0.15) is 0 Å². The quantitative estimate of drug-likeness (QED) is 0.385. The summed E-state index contributed by atoms with van der Waals surface area (Å²) in [5, 5.41) is 3.51. The number of halogens is 1. The number of fused-ring (bicyclic) bond motifs is 1. The highest BCUT2D eigenvalue weighted by atomic mass is 79.9. The predicted octanol–water partition coefficient (Wildman–Crippen LogP) is 5.47. The van der Waals surface area contributed by atoms with Gasteiger partial charge < -0.3 is 14.6 Å². The fourth-order valence-electron chi connectivity index (χ4n) is 3.72. The van der Waals surface area contributed by atoms with Gasteiger partial charge >= 0.3 is 6.03 Å². The minimum absolute atomic E-state index is 0.145. The van der Waals surface area contributed by atoms with Crippen LogP contribution in [0.25, 0.3) is 10.9 Å². The molecule has 0 saturated carbocycles. The lowest BCUT2D eigenvalue weighted by Gasteiger charge is -2.31. The molecule has 2 aromatic carbocycles. The number of amides is 2. The maximum Gasteiger partial charge on any atom is 0.322 e. The molecule has 8 heteroatoms. The summed E-state index contributed by atoms with van der Waals surface area (Å²) in [4.78, 5) is 32.9. The lowest BCUT2D eigenvalue weighted by Crippen LogP contribution is -2.40. The average Bonchev–Trinajstić information content (AvgIpc) is 3.31. The number of nitrogens with zero attached hydrogens (tertiary/aromatic N) is 3. The van der Waals surface area contributed by atoms with E-state index in [0.717, 1.165) is 4.47 Å². The molecule has 1 atom stereocenters. The molecular formula is C24H23BrN4O3. The molecule has 164 valence electrons. The van der Waals surface area contributed by atoms with Crippen molar-refractivity contribution in [1.29, 1.82) is 0 Å². The normalized spacial score (nSPS) is 12.0. The standard InChI is InChI=1S/C24H23BrN4O3/c1-3-21(22-26-19-12-6-4-10-17(19)23(30)28(22)2)29(15-16-9-8-14-32-16)24(31)27-20-13-7-5-11-18(20)25/h4-14,21H,3,15H2,1-2H3,(H,27,31). The number of hydrogen-bond acceptors (Lipinski definition) is 4. The zero-order valence-electron chi connectivity index (χ0n) is 17.8. The largest absolute Gasteiger partial charge is 0.467 e. The smallest absolute Gasteiger partial charge is 0.322 e. The molecule has 0 fully saturated rings. The van der Waals surface area contributed by atoms with Gasteiger partial charge in [0.15, 0.2) is 0 Å². The summed E-state index contributed by atoms with van der Waals surface area (Å²) in [5.74, 6) is 1.15. The van der Waals surface area contributed by atoms with Crippen molar-refractivity contribution in [1.82, 2.24) is 14.5 Å². The molecule has 1 unspecified atom stereocenters. The predicted molar refractivity (Wildman–Crippen MR) is 127 cm³/mol. The van der Waals surface area contributed by atoms with E-state index in [1.165, 1.54) is 4.57 Å². The molecule has 1 N–H and O–H groups in total. The Morgan fingerprint density at radius 2 is 1.91 bits per heavy atom. The molecule has 4 aromatic rings. The van der Waals surface area contributed by atoms with Gasteiger partial charge in [-0.1, -0.05) is 31.2 Å². The topological polar surface area (TPSA) is 80.4 Å². The van der Waals surface area contributed by atoms with Gasteiger partial charge in [0.05, 0.1) is 35.4 Å². The van der Waals surface area contributed by atoms with E-state index in [0.29, 0.717) is 34.6 Å². The third kappa shape index (κ3) is 4.31. The molecule has 0 spiro atoms. The number of nitrogens with one attached hydrogen (secondary N) is 1. The second-order valence-electron chi connectivity index (χ2n) is 7.39. The van der Waals surface area contributed by atoms with Crippen LogP contribution in [0.3, 0.4) is 0 Å². The minimum Gasteiger partial charge on any atom is -0.467 e. The highest BCUT2D eigenvalue weighted by Gasteiger charge is 2.29. The molecule has 0 aliphatic rings. The third-order valence-electron chi connectivity index (χ3n) is 5.36. The van der Waals surface area contributed by atoms with Crippen LogP contribution >= 0.6 is 15.9 Å². The van der Waals surface area contributed by atoms with E-state index in [1.54, 1.807) is 30.3 Å². The molecule has 2 heterocycles. The van der Waals surface area contributed by atoms with Crippen molar-refractivity contribution in [3.63, 3.8) is 0 Å². The molecule has 4 rings (SSSR count). The maximum atomic E-state index is 13.5. The number of hydrogen-bond donors (Lipinski definition) is 1. The van der Waals surface area contributed by atoms with Crippen molar-refractivity contribution in [2.45, 2.75) is 25.9 Å². The van der Waals surface area contributed by atoms with Gasteiger partial charge in [-0.3, -0.25) is 9.36 Å². The summed E-state index contributed by atoms with van der Waals surface area (Å²) < 4.78 is 7.82. The Labute approximate surface area is 193 Å². The van der Waals surface area contributed by atoms with E-state index in [1.807, 2.05) is 55.5 Å². The van der Waals surface area contributed by atoms with Crippen LogP contribution in [0.5, 0.6) is 0 Å². The minimum atomic E-state index is -0.454. The van der Waals surface area contributed by atoms with Gasteiger partial charge in [-0.25, -0.2) is 9.78 Å². The fraction of sp³-hybridized carbons (Fsp3) is 0.208. The first kappa shape index (κ1) is 21.8. The lowest BCUT2D eigenvalue weighted by atomic mass is 10.1. The van der Waals surface area contributed by atoms with Crippen LogP contribution in [0.1, 0.15) is 31.0 Å². The summed E-state index contributed by atoms with van der Waals surface area (Å²) >= 11 is 3.47. The summed E-state index contributed by atoms with van der Waals surface area (Å²) in [6, 6.07) is 17.5. The third-order valence-corrected chi connectivity index (χ3v) is 6.05. The van der Waals surface area contributed by atoms with Crippen LogP contribution in [0.2, 0.25) is 0 Å². The molecule has 0 radical (unpaired) electrons. The SMILES string of the molecule is CCC(c1nc2ccccc2c(=O)n1C)N(Cc1ccco1)C(=O)Nc1ccccc1Br. The van der Waals surface area contributed by atoms with Crippen molar-refractivity contribution in [3.05, 3.63) is 93.3 Å². The van der Waals surface area contributed by atoms with E-state index < -0.39 is 6.04 Å². The fourth-order valence-corrected chi connectivity index (χ4v) is 4.10. The van der Waals surface area contributed by atoms with Crippen molar-refractivity contribution in [2.24, 2.45) is 7.05 Å². The molecule has 32 heavy (non-hydrogen) atoms. The molecular weight excluding hydrogens is 472 g/mol. The number of urea groups is 1. The van der Waals surface area contributed by atoms with Gasteiger partial charge in [0.25, 0.3) is 5.56 Å². The zero-order chi connectivity index (χ0) is 22.7. The van der Waals surface area contributed by atoms with Crippen LogP contribution in [-0.4, -0.2) is 20.5 Å². The number of para-hydroxylation sites is 2. The van der Waals surface area contributed by atoms with Crippen LogP contribution in [0.4, 0.5) is 10.5 Å². The number of aromatic nitrogens is 2. The number of carbonyl (C=O) groups excluding carboxylic acids is 1. The number of anilines is 1. The van der Waals surface area contributed by atoms with E-state index >= 15 is 0 Å². The monoisotopic (exact) mass is 494 g/mol. The van der Waals surface area contributed by atoms with Crippen LogP contribution in [-0.2, 0) is 13.6 Å². The second-order valence-corrected chi connectivity index (χ2v) is 8.25. The van der Waals surface area contributed by atoms with Gasteiger partial charge in [0, 0.05) is 11.5 Å². The Morgan fingerprint density at radius 1 is 1.16 bits per heavy atom. The Morgan fingerprint density at radius 3 is 2.62 bits per heavy atom. The number of rotatable bonds is 6. The van der Waals surface area contributed by atoms with Crippen LogP contribution < -0.4 is 10.9 Å². The van der Waals surface area contributed by atoms with Crippen LogP contribution in [0, 0.1) is 0 Å². The van der Waals surface area contributed by atoms with Gasteiger partial charge in [-0.15, -0.1) is 0 Å². The van der Waals surface area contributed by atoms with Gasteiger partial charge in [-0.05, 0) is 58.7 Å². The first-order chi connectivity index (χ1) is 15.5. The second kappa shape index (κ2) is 9.40.